The van der Waals surface area contributed by atoms with Crippen LogP contribution in [0.25, 0.3) is 0 Å². The zero-order valence-corrected chi connectivity index (χ0v) is 16.3. The summed E-state index contributed by atoms with van der Waals surface area (Å²) in [6.45, 7) is 3.73. The summed E-state index contributed by atoms with van der Waals surface area (Å²) >= 11 is 0. The summed E-state index contributed by atoms with van der Waals surface area (Å²) < 4.78 is 6.51. The lowest BCUT2D eigenvalue weighted by molar-refractivity contribution is -0.0274. The number of carbonyl (C=O) groups is 1. The van der Waals surface area contributed by atoms with Gasteiger partial charge in [-0.05, 0) is 57.6 Å². The number of benzene rings is 1. The van der Waals surface area contributed by atoms with Crippen molar-refractivity contribution >= 4 is 5.78 Å². The molecule has 3 unspecified atom stereocenters. The Morgan fingerprint density at radius 2 is 1.67 bits per heavy atom. The van der Waals surface area contributed by atoms with E-state index in [-0.39, 0.29) is 23.7 Å². The van der Waals surface area contributed by atoms with E-state index >= 15 is 0 Å². The Hall–Kier alpha value is -2.33. The molecule has 0 aromatic heterocycles. The van der Waals surface area contributed by atoms with Gasteiger partial charge < -0.3 is 4.74 Å². The highest BCUT2D eigenvalue weighted by Gasteiger charge is 2.54. The molecule has 1 aliphatic carbocycles. The largest absolute Gasteiger partial charge is 0.488 e. The summed E-state index contributed by atoms with van der Waals surface area (Å²) in [5.41, 5.74) is -0.208. The standard InChI is InChI=1S/C23H28N2O2/c1-16(14-24)12-23(13-17(2)15-25)21(26)19-10-6-7-11-20(19)27-22(23)18-8-4-3-5-9-18/h6-7,10-11,16-18,22H,3-5,8-9,12-13H2,1-2H3. The fourth-order valence-electron chi connectivity index (χ4n) is 5.07. The number of para-hydroxylation sites is 1. The first kappa shape index (κ1) is 19.4. The first-order valence-electron chi connectivity index (χ1n) is 10.1. The van der Waals surface area contributed by atoms with Crippen LogP contribution in [0.1, 0.15) is 69.2 Å². The molecule has 1 fully saturated rings. The van der Waals surface area contributed by atoms with Crippen molar-refractivity contribution in [2.45, 2.75) is 64.9 Å². The number of fused-ring (bicyclic) bond motifs is 1. The Kier molecular flexibility index (Phi) is 5.85. The van der Waals surface area contributed by atoms with Gasteiger partial charge in [0, 0.05) is 11.8 Å². The number of ether oxygens (including phenoxy) is 1. The Balaban J connectivity index is 2.11. The molecule has 3 rings (SSSR count). The van der Waals surface area contributed by atoms with E-state index in [4.69, 9.17) is 4.74 Å². The highest BCUT2D eigenvalue weighted by atomic mass is 16.5. The third-order valence-corrected chi connectivity index (χ3v) is 6.24. The molecule has 142 valence electrons. The summed E-state index contributed by atoms with van der Waals surface area (Å²) in [7, 11) is 0. The van der Waals surface area contributed by atoms with Gasteiger partial charge in [0.1, 0.15) is 11.9 Å². The highest BCUT2D eigenvalue weighted by molar-refractivity contribution is 6.04. The average Bonchev–Trinajstić information content (AvgIpc) is 2.71. The predicted octanol–water partition coefficient (Wildman–Crippen LogP) is 5.30. The maximum atomic E-state index is 13.8. The van der Waals surface area contributed by atoms with Crippen LogP contribution < -0.4 is 4.74 Å². The Morgan fingerprint density at radius 3 is 2.26 bits per heavy atom. The minimum Gasteiger partial charge on any atom is -0.488 e. The molecular weight excluding hydrogens is 336 g/mol. The van der Waals surface area contributed by atoms with Crippen molar-refractivity contribution in [2.75, 3.05) is 0 Å². The van der Waals surface area contributed by atoms with Crippen molar-refractivity contribution in [3.05, 3.63) is 29.8 Å². The van der Waals surface area contributed by atoms with Gasteiger partial charge in [0.25, 0.3) is 0 Å². The van der Waals surface area contributed by atoms with Gasteiger partial charge in [-0.15, -0.1) is 0 Å². The monoisotopic (exact) mass is 364 g/mol. The Morgan fingerprint density at radius 1 is 1.07 bits per heavy atom. The molecule has 0 spiro atoms. The lowest BCUT2D eigenvalue weighted by Crippen LogP contribution is -2.54. The summed E-state index contributed by atoms with van der Waals surface area (Å²) in [5.74, 6) is 0.486. The molecule has 0 amide bonds. The lowest BCUT2D eigenvalue weighted by atomic mass is 9.60. The first-order valence-corrected chi connectivity index (χ1v) is 10.1. The minimum absolute atomic E-state index is 0.0594. The fraction of sp³-hybridized carbons (Fsp3) is 0.609. The molecule has 0 N–H and O–H groups in total. The quantitative estimate of drug-likeness (QED) is 0.711. The van der Waals surface area contributed by atoms with Crippen molar-refractivity contribution in [1.82, 2.24) is 0 Å². The van der Waals surface area contributed by atoms with Crippen LogP contribution in [0, 0.1) is 45.8 Å². The maximum absolute atomic E-state index is 13.8. The molecule has 3 atom stereocenters. The number of rotatable bonds is 5. The lowest BCUT2D eigenvalue weighted by Gasteiger charge is -2.48. The van der Waals surface area contributed by atoms with E-state index in [1.165, 1.54) is 6.42 Å². The molecule has 1 heterocycles. The van der Waals surface area contributed by atoms with Crippen LogP contribution in [0.4, 0.5) is 0 Å². The smallest absolute Gasteiger partial charge is 0.176 e. The third-order valence-electron chi connectivity index (χ3n) is 6.24. The molecular formula is C23H28N2O2. The van der Waals surface area contributed by atoms with Crippen LogP contribution in [0.2, 0.25) is 0 Å². The zero-order chi connectivity index (χ0) is 19.4. The van der Waals surface area contributed by atoms with Gasteiger partial charge in [-0.25, -0.2) is 0 Å². The van der Waals surface area contributed by atoms with Crippen LogP contribution >= 0.6 is 0 Å². The second-order valence-corrected chi connectivity index (χ2v) is 8.39. The average molecular weight is 364 g/mol. The second-order valence-electron chi connectivity index (χ2n) is 8.39. The topological polar surface area (TPSA) is 73.9 Å². The van der Waals surface area contributed by atoms with Gasteiger partial charge in [0.05, 0.1) is 23.1 Å². The third kappa shape index (κ3) is 3.72. The molecule has 0 bridgehead atoms. The highest BCUT2D eigenvalue weighted by Crippen LogP contribution is 2.51. The van der Waals surface area contributed by atoms with Crippen molar-refractivity contribution in [3.8, 4) is 17.9 Å². The maximum Gasteiger partial charge on any atom is 0.176 e. The number of Topliss-reactive ketones (excluding diaryl/α,β-unsaturated/α-hetero) is 1. The predicted molar refractivity (Wildman–Crippen MR) is 103 cm³/mol. The van der Waals surface area contributed by atoms with Crippen LogP contribution in [-0.2, 0) is 0 Å². The summed E-state index contributed by atoms with van der Waals surface area (Å²) in [6.07, 6.45) is 6.26. The van der Waals surface area contributed by atoms with Gasteiger partial charge in [-0.1, -0.05) is 31.4 Å². The molecule has 27 heavy (non-hydrogen) atoms. The molecule has 2 aliphatic rings. The number of nitriles is 2. The molecule has 1 aromatic rings. The van der Waals surface area contributed by atoms with Gasteiger partial charge in [-0.3, -0.25) is 4.79 Å². The van der Waals surface area contributed by atoms with Crippen molar-refractivity contribution in [2.24, 2.45) is 23.2 Å². The molecule has 1 saturated carbocycles. The van der Waals surface area contributed by atoms with Crippen molar-refractivity contribution in [3.63, 3.8) is 0 Å². The van der Waals surface area contributed by atoms with E-state index in [1.54, 1.807) is 0 Å². The summed E-state index contributed by atoms with van der Waals surface area (Å²) in [5, 5.41) is 19.0. The minimum atomic E-state index is -0.805. The van der Waals surface area contributed by atoms with Crippen molar-refractivity contribution in [1.29, 1.82) is 10.5 Å². The zero-order valence-electron chi connectivity index (χ0n) is 16.3. The van der Waals surface area contributed by atoms with Crippen LogP contribution in [0.15, 0.2) is 24.3 Å². The van der Waals surface area contributed by atoms with Gasteiger partial charge in [-0.2, -0.15) is 10.5 Å². The number of hydrogen-bond acceptors (Lipinski definition) is 4. The summed E-state index contributed by atoms with van der Waals surface area (Å²) in [6, 6.07) is 12.0. The van der Waals surface area contributed by atoms with E-state index < -0.39 is 5.41 Å². The van der Waals surface area contributed by atoms with E-state index in [9.17, 15) is 15.3 Å². The van der Waals surface area contributed by atoms with Crippen LogP contribution in [0.3, 0.4) is 0 Å². The van der Waals surface area contributed by atoms with Gasteiger partial charge in [0.2, 0.25) is 0 Å². The second kappa shape index (κ2) is 8.13. The van der Waals surface area contributed by atoms with Gasteiger partial charge in [0.15, 0.2) is 5.78 Å². The van der Waals surface area contributed by atoms with Crippen molar-refractivity contribution < 1.29 is 9.53 Å². The van der Waals surface area contributed by atoms with Crippen LogP contribution in [-0.4, -0.2) is 11.9 Å². The molecule has 4 nitrogen and oxygen atoms in total. The fourth-order valence-corrected chi connectivity index (χ4v) is 5.07. The molecule has 0 radical (unpaired) electrons. The number of nitrogens with zero attached hydrogens (tertiary/aromatic N) is 2. The van der Waals surface area contributed by atoms with E-state index in [1.807, 2.05) is 38.1 Å². The SMILES string of the molecule is CC(C#N)CC1(CC(C)C#N)C(=O)c2ccccc2OC1C1CCCCC1. The Labute approximate surface area is 162 Å². The summed E-state index contributed by atoms with van der Waals surface area (Å²) in [4.78, 5) is 13.8. The first-order chi connectivity index (χ1) is 13.0. The Bertz CT molecular complexity index is 745. The number of hydrogen-bond donors (Lipinski definition) is 0. The molecule has 4 heteroatoms. The van der Waals surface area contributed by atoms with E-state index in [2.05, 4.69) is 12.1 Å². The number of carbonyl (C=O) groups excluding carboxylic acids is 1. The van der Waals surface area contributed by atoms with Gasteiger partial charge >= 0.3 is 0 Å². The normalized spacial score (nSPS) is 27.6. The van der Waals surface area contributed by atoms with E-state index in [0.717, 1.165) is 25.7 Å². The molecule has 1 aliphatic heterocycles. The van der Waals surface area contributed by atoms with Crippen LogP contribution in [0.5, 0.6) is 5.75 Å². The molecule has 1 aromatic carbocycles. The number of ketones is 1. The van der Waals surface area contributed by atoms with E-state index in [0.29, 0.717) is 30.1 Å². The molecule has 0 saturated heterocycles.